The van der Waals surface area contributed by atoms with Crippen LogP contribution in [-0.4, -0.2) is 36.7 Å². The zero-order chi connectivity index (χ0) is 21.9. The molecule has 2 aromatic carbocycles. The lowest BCUT2D eigenvalue weighted by Crippen LogP contribution is -2.35. The lowest BCUT2D eigenvalue weighted by atomic mass is 10.1. The van der Waals surface area contributed by atoms with E-state index in [-0.39, 0.29) is 31.2 Å². The maximum Gasteiger partial charge on any atom is 0.247 e. The highest BCUT2D eigenvalue weighted by atomic mass is 32.2. The number of imidazole rings is 1. The summed E-state index contributed by atoms with van der Waals surface area (Å²) in [5.74, 6) is -0.157. The number of anilines is 1. The summed E-state index contributed by atoms with van der Waals surface area (Å²) in [6.45, 7) is 4.16. The van der Waals surface area contributed by atoms with Gasteiger partial charge in [-0.3, -0.25) is 4.79 Å². The Kier molecular flexibility index (Phi) is 6.22. The van der Waals surface area contributed by atoms with Crippen molar-refractivity contribution in [1.29, 1.82) is 5.26 Å². The molecule has 0 atom stereocenters. The minimum absolute atomic E-state index is 0.0658. The van der Waals surface area contributed by atoms with Crippen LogP contribution in [0.1, 0.15) is 23.4 Å². The van der Waals surface area contributed by atoms with Gasteiger partial charge in [-0.15, -0.1) is 0 Å². The van der Waals surface area contributed by atoms with E-state index in [9.17, 15) is 13.2 Å². The first kappa shape index (κ1) is 21.5. The molecule has 156 valence electrons. The fourth-order valence-corrected chi connectivity index (χ4v) is 4.01. The summed E-state index contributed by atoms with van der Waals surface area (Å²) < 4.78 is 25.4. The SMILES string of the molecule is Cc1ccc(N(CCC#N)C(=O)Cn2c(CS(C)(=O)=O)nc3ccccc32)cc1C. The van der Waals surface area contributed by atoms with Crippen LogP contribution in [0.25, 0.3) is 11.0 Å². The van der Waals surface area contributed by atoms with Crippen LogP contribution in [0.4, 0.5) is 5.69 Å². The van der Waals surface area contributed by atoms with Crippen molar-refractivity contribution in [2.24, 2.45) is 0 Å². The van der Waals surface area contributed by atoms with Crippen LogP contribution in [0.5, 0.6) is 0 Å². The maximum absolute atomic E-state index is 13.3. The molecule has 0 aliphatic rings. The van der Waals surface area contributed by atoms with Crippen molar-refractivity contribution < 1.29 is 13.2 Å². The highest BCUT2D eigenvalue weighted by molar-refractivity contribution is 7.89. The summed E-state index contributed by atoms with van der Waals surface area (Å²) in [5, 5.41) is 9.04. The molecule has 0 aliphatic heterocycles. The third-order valence-corrected chi connectivity index (χ3v) is 5.75. The highest BCUT2D eigenvalue weighted by Gasteiger charge is 2.21. The van der Waals surface area contributed by atoms with Crippen LogP contribution >= 0.6 is 0 Å². The average molecular weight is 425 g/mol. The van der Waals surface area contributed by atoms with Crippen molar-refractivity contribution in [3.05, 3.63) is 59.4 Å². The van der Waals surface area contributed by atoms with E-state index in [2.05, 4.69) is 11.1 Å². The van der Waals surface area contributed by atoms with Gasteiger partial charge >= 0.3 is 0 Å². The van der Waals surface area contributed by atoms with Gasteiger partial charge in [-0.05, 0) is 49.2 Å². The first-order valence-corrected chi connectivity index (χ1v) is 11.6. The van der Waals surface area contributed by atoms with Crippen LogP contribution in [-0.2, 0) is 26.9 Å². The molecular weight excluding hydrogens is 400 g/mol. The number of aromatic nitrogens is 2. The molecule has 1 amide bonds. The summed E-state index contributed by atoms with van der Waals surface area (Å²) in [4.78, 5) is 19.3. The predicted molar refractivity (Wildman–Crippen MR) is 117 cm³/mol. The Bertz CT molecular complexity index is 1240. The van der Waals surface area contributed by atoms with Crippen molar-refractivity contribution >= 4 is 32.5 Å². The minimum atomic E-state index is -3.33. The van der Waals surface area contributed by atoms with E-state index >= 15 is 0 Å². The van der Waals surface area contributed by atoms with Crippen LogP contribution in [0, 0.1) is 25.2 Å². The number of hydrogen-bond acceptors (Lipinski definition) is 5. The Hall–Kier alpha value is -3.18. The minimum Gasteiger partial charge on any atom is -0.318 e. The Morgan fingerprint density at radius 3 is 2.57 bits per heavy atom. The number of nitrogens with zero attached hydrogens (tertiary/aromatic N) is 4. The first-order chi connectivity index (χ1) is 14.2. The van der Waals surface area contributed by atoms with Crippen LogP contribution in [0.15, 0.2) is 42.5 Å². The Balaban J connectivity index is 2.01. The van der Waals surface area contributed by atoms with Crippen molar-refractivity contribution in [3.8, 4) is 6.07 Å². The van der Waals surface area contributed by atoms with Crippen molar-refractivity contribution in [2.45, 2.75) is 32.6 Å². The standard InChI is InChI=1S/C22H24N4O3S/c1-16-9-10-18(13-17(16)2)25(12-6-11-23)22(27)14-26-20-8-5-4-7-19(20)24-21(26)15-30(3,28)29/h4-5,7-10,13H,6,12,14-15H2,1-3H3. The quantitative estimate of drug-likeness (QED) is 0.580. The van der Waals surface area contributed by atoms with Gasteiger partial charge in [-0.1, -0.05) is 18.2 Å². The molecule has 3 rings (SSSR count). The van der Waals surface area contributed by atoms with E-state index in [0.717, 1.165) is 17.4 Å². The molecule has 0 fully saturated rings. The van der Waals surface area contributed by atoms with E-state index < -0.39 is 9.84 Å². The molecule has 1 heterocycles. The Morgan fingerprint density at radius 1 is 1.17 bits per heavy atom. The number of carbonyl (C=O) groups excluding carboxylic acids is 1. The fourth-order valence-electron chi connectivity index (χ4n) is 3.32. The second-order valence-corrected chi connectivity index (χ2v) is 9.54. The van der Waals surface area contributed by atoms with E-state index in [4.69, 9.17) is 5.26 Å². The van der Waals surface area contributed by atoms with Crippen LogP contribution in [0.2, 0.25) is 0 Å². The van der Waals surface area contributed by atoms with E-state index in [1.54, 1.807) is 15.5 Å². The molecule has 0 saturated carbocycles. The number of amides is 1. The van der Waals surface area contributed by atoms with Gasteiger partial charge in [0.15, 0.2) is 9.84 Å². The molecule has 0 aliphatic carbocycles. The van der Waals surface area contributed by atoms with Gasteiger partial charge in [-0.25, -0.2) is 13.4 Å². The molecule has 3 aromatic rings. The monoisotopic (exact) mass is 424 g/mol. The maximum atomic E-state index is 13.3. The number of aryl methyl sites for hydroxylation is 2. The Morgan fingerprint density at radius 2 is 1.90 bits per heavy atom. The van der Waals surface area contributed by atoms with Gasteiger partial charge in [0.25, 0.3) is 0 Å². The van der Waals surface area contributed by atoms with E-state index in [1.807, 2.05) is 50.2 Å². The van der Waals surface area contributed by atoms with Gasteiger partial charge < -0.3 is 9.47 Å². The first-order valence-electron chi connectivity index (χ1n) is 9.56. The topological polar surface area (TPSA) is 96.1 Å². The van der Waals surface area contributed by atoms with Gasteiger partial charge in [0.1, 0.15) is 18.1 Å². The Labute approximate surface area is 176 Å². The summed E-state index contributed by atoms with van der Waals surface area (Å²) in [6, 6.07) is 15.1. The molecular formula is C22H24N4O3S. The highest BCUT2D eigenvalue weighted by Crippen LogP contribution is 2.22. The normalized spacial score (nSPS) is 11.4. The summed E-state index contributed by atoms with van der Waals surface area (Å²) in [5.41, 5.74) is 4.21. The number of para-hydroxylation sites is 2. The van der Waals surface area contributed by atoms with Crippen LogP contribution in [0.3, 0.4) is 0 Å². The molecule has 0 unspecified atom stereocenters. The van der Waals surface area contributed by atoms with Crippen molar-refractivity contribution in [1.82, 2.24) is 9.55 Å². The van der Waals surface area contributed by atoms with Crippen LogP contribution < -0.4 is 4.90 Å². The second-order valence-electron chi connectivity index (χ2n) is 7.40. The van der Waals surface area contributed by atoms with E-state index in [0.29, 0.717) is 22.5 Å². The zero-order valence-electron chi connectivity index (χ0n) is 17.3. The number of rotatable bonds is 7. The molecule has 30 heavy (non-hydrogen) atoms. The number of benzene rings is 2. The lowest BCUT2D eigenvalue weighted by molar-refractivity contribution is -0.119. The molecule has 8 heteroatoms. The van der Waals surface area contributed by atoms with Crippen molar-refractivity contribution in [2.75, 3.05) is 17.7 Å². The second kappa shape index (κ2) is 8.67. The molecule has 0 spiro atoms. The largest absolute Gasteiger partial charge is 0.318 e. The summed E-state index contributed by atoms with van der Waals surface area (Å²) >= 11 is 0. The van der Waals surface area contributed by atoms with E-state index in [1.165, 1.54) is 0 Å². The third kappa shape index (κ3) is 4.86. The van der Waals surface area contributed by atoms with Gasteiger partial charge in [0, 0.05) is 18.5 Å². The molecule has 0 radical (unpaired) electrons. The van der Waals surface area contributed by atoms with Gasteiger partial charge in [-0.2, -0.15) is 5.26 Å². The molecule has 1 aromatic heterocycles. The molecule has 7 nitrogen and oxygen atoms in total. The smallest absolute Gasteiger partial charge is 0.247 e. The summed E-state index contributed by atoms with van der Waals surface area (Å²) in [6.07, 6.45) is 1.34. The number of nitriles is 1. The number of fused-ring (bicyclic) bond motifs is 1. The third-order valence-electron chi connectivity index (χ3n) is 4.97. The van der Waals surface area contributed by atoms with Crippen molar-refractivity contribution in [3.63, 3.8) is 0 Å². The van der Waals surface area contributed by atoms with Gasteiger partial charge in [0.05, 0.1) is 23.5 Å². The molecule has 0 bridgehead atoms. The zero-order valence-corrected chi connectivity index (χ0v) is 18.1. The molecule has 0 N–H and O–H groups in total. The van der Waals surface area contributed by atoms with Gasteiger partial charge in [0.2, 0.25) is 5.91 Å². The fraction of sp³-hybridized carbons (Fsp3) is 0.318. The predicted octanol–water partition coefficient (Wildman–Crippen LogP) is 3.14. The number of hydrogen-bond donors (Lipinski definition) is 0. The lowest BCUT2D eigenvalue weighted by Gasteiger charge is -2.23. The average Bonchev–Trinajstić information content (AvgIpc) is 3.00. The number of carbonyl (C=O) groups is 1. The summed E-state index contributed by atoms with van der Waals surface area (Å²) in [7, 11) is -3.33. The number of sulfone groups is 1. The molecule has 0 saturated heterocycles.